The predicted octanol–water partition coefficient (Wildman–Crippen LogP) is 4.77. The molecule has 0 fully saturated rings. The lowest BCUT2D eigenvalue weighted by atomic mass is 10.1. The number of halogens is 2. The van der Waals surface area contributed by atoms with Crippen molar-refractivity contribution < 1.29 is 19.1 Å². The third-order valence-corrected chi connectivity index (χ3v) is 6.73. The van der Waals surface area contributed by atoms with Crippen LogP contribution in [0.3, 0.4) is 0 Å². The Morgan fingerprint density at radius 2 is 1.86 bits per heavy atom. The molecule has 2 aromatic rings. The molecule has 6 nitrogen and oxygen atoms in total. The van der Waals surface area contributed by atoms with Gasteiger partial charge in [0.1, 0.15) is 5.00 Å². The average molecular weight is 475 g/mol. The van der Waals surface area contributed by atoms with Gasteiger partial charge in [0.15, 0.2) is 0 Å². The topological polar surface area (TPSA) is 84.5 Å². The van der Waals surface area contributed by atoms with Gasteiger partial charge in [-0.3, -0.25) is 9.59 Å². The fourth-order valence-corrected chi connectivity index (χ4v) is 5.18. The molecule has 29 heavy (non-hydrogen) atoms. The molecule has 0 spiro atoms. The van der Waals surface area contributed by atoms with Gasteiger partial charge in [-0.15, -0.1) is 23.1 Å². The van der Waals surface area contributed by atoms with E-state index in [9.17, 15) is 14.4 Å². The SMILES string of the molecule is CCOC(=O)c1c(NC(=O)CSCc2c(Cl)cccc2Cl)sc(C(=O)NC)c1C. The van der Waals surface area contributed by atoms with Gasteiger partial charge in [-0.2, -0.15) is 0 Å². The molecule has 0 saturated heterocycles. The van der Waals surface area contributed by atoms with Gasteiger partial charge in [-0.05, 0) is 37.1 Å². The van der Waals surface area contributed by atoms with Gasteiger partial charge in [-0.25, -0.2) is 4.79 Å². The first-order valence-corrected chi connectivity index (χ1v) is 11.4. The van der Waals surface area contributed by atoms with Crippen LogP contribution < -0.4 is 10.6 Å². The molecule has 156 valence electrons. The van der Waals surface area contributed by atoms with Gasteiger partial charge in [0, 0.05) is 22.8 Å². The molecule has 0 aliphatic heterocycles. The van der Waals surface area contributed by atoms with Gasteiger partial charge in [0.2, 0.25) is 5.91 Å². The van der Waals surface area contributed by atoms with Crippen LogP contribution >= 0.6 is 46.3 Å². The number of ether oxygens (including phenoxy) is 1. The molecule has 0 saturated carbocycles. The lowest BCUT2D eigenvalue weighted by Crippen LogP contribution is -2.18. The van der Waals surface area contributed by atoms with Crippen LogP contribution in [0.1, 0.15) is 38.1 Å². The minimum absolute atomic E-state index is 0.121. The number of carbonyl (C=O) groups is 3. The number of thioether (sulfide) groups is 1. The zero-order valence-electron chi connectivity index (χ0n) is 16.1. The highest BCUT2D eigenvalue weighted by atomic mass is 35.5. The highest BCUT2D eigenvalue weighted by molar-refractivity contribution is 7.99. The Morgan fingerprint density at radius 1 is 1.21 bits per heavy atom. The summed E-state index contributed by atoms with van der Waals surface area (Å²) in [6, 6.07) is 5.24. The van der Waals surface area contributed by atoms with Crippen molar-refractivity contribution in [2.75, 3.05) is 24.7 Å². The third kappa shape index (κ3) is 5.88. The van der Waals surface area contributed by atoms with E-state index < -0.39 is 5.97 Å². The molecule has 1 heterocycles. The van der Waals surface area contributed by atoms with Gasteiger partial charge >= 0.3 is 5.97 Å². The first kappa shape index (κ1) is 23.5. The molecule has 1 aromatic heterocycles. The molecule has 10 heteroatoms. The summed E-state index contributed by atoms with van der Waals surface area (Å²) in [5, 5.41) is 6.62. The normalized spacial score (nSPS) is 10.5. The zero-order valence-corrected chi connectivity index (χ0v) is 19.2. The number of anilines is 1. The molecule has 0 unspecified atom stereocenters. The summed E-state index contributed by atoms with van der Waals surface area (Å²) in [6.07, 6.45) is 0. The summed E-state index contributed by atoms with van der Waals surface area (Å²) >= 11 is 14.7. The average Bonchev–Trinajstić information content (AvgIpc) is 2.99. The van der Waals surface area contributed by atoms with Crippen LogP contribution in [-0.2, 0) is 15.3 Å². The van der Waals surface area contributed by atoms with Gasteiger partial charge < -0.3 is 15.4 Å². The highest BCUT2D eigenvalue weighted by Gasteiger charge is 2.26. The van der Waals surface area contributed by atoms with Crippen molar-refractivity contribution in [2.24, 2.45) is 0 Å². The van der Waals surface area contributed by atoms with Crippen LogP contribution in [0, 0.1) is 6.92 Å². The summed E-state index contributed by atoms with van der Waals surface area (Å²) in [5.74, 6) is -0.642. The number of nitrogens with one attached hydrogen (secondary N) is 2. The first-order valence-electron chi connectivity index (χ1n) is 8.63. The number of amides is 2. The number of hydrogen-bond acceptors (Lipinski definition) is 6. The van der Waals surface area contributed by atoms with E-state index in [1.807, 2.05) is 0 Å². The number of carbonyl (C=O) groups excluding carboxylic acids is 3. The molecular weight excluding hydrogens is 455 g/mol. The minimum Gasteiger partial charge on any atom is -0.462 e. The second kappa shape index (κ2) is 10.9. The summed E-state index contributed by atoms with van der Waals surface area (Å²) in [6.45, 7) is 3.52. The van der Waals surface area contributed by atoms with E-state index in [0.717, 1.165) is 16.9 Å². The molecule has 0 bridgehead atoms. The summed E-state index contributed by atoms with van der Waals surface area (Å²) in [5.41, 5.74) is 1.43. The van der Waals surface area contributed by atoms with Crippen LogP contribution in [0.15, 0.2) is 18.2 Å². The second-order valence-corrected chi connectivity index (χ2v) is 8.62. The Labute approximate surface area is 187 Å². The van der Waals surface area contributed by atoms with Crippen LogP contribution in [0.2, 0.25) is 10.0 Å². The monoisotopic (exact) mass is 474 g/mol. The fourth-order valence-electron chi connectivity index (χ4n) is 2.46. The number of hydrogen-bond donors (Lipinski definition) is 2. The molecule has 2 amide bonds. The first-order chi connectivity index (χ1) is 13.8. The van der Waals surface area contributed by atoms with Crippen molar-refractivity contribution in [3.8, 4) is 0 Å². The van der Waals surface area contributed by atoms with Gasteiger partial charge in [0.05, 0.1) is 22.8 Å². The standard InChI is InChI=1S/C19H20Cl2N2O4S2/c1-4-27-19(26)15-10(2)16(17(25)22-3)29-18(15)23-14(24)9-28-8-11-12(20)6-5-7-13(11)21/h5-7H,4,8-9H2,1-3H3,(H,22,25)(H,23,24). The van der Waals surface area contributed by atoms with Crippen molar-refractivity contribution in [2.45, 2.75) is 19.6 Å². The zero-order chi connectivity index (χ0) is 21.6. The lowest BCUT2D eigenvalue weighted by Gasteiger charge is -2.08. The Kier molecular flexibility index (Phi) is 8.82. The number of esters is 1. The third-order valence-electron chi connectivity index (χ3n) is 3.85. The van der Waals surface area contributed by atoms with Crippen molar-refractivity contribution in [3.63, 3.8) is 0 Å². The van der Waals surface area contributed by atoms with Crippen molar-refractivity contribution >= 4 is 69.1 Å². The molecule has 0 radical (unpaired) electrons. The number of rotatable bonds is 8. The van der Waals surface area contributed by atoms with Crippen molar-refractivity contribution in [1.82, 2.24) is 5.32 Å². The van der Waals surface area contributed by atoms with E-state index in [1.54, 1.807) is 32.0 Å². The Hall–Kier alpha value is -1.74. The summed E-state index contributed by atoms with van der Waals surface area (Å²) in [7, 11) is 1.50. The van der Waals surface area contributed by atoms with E-state index in [0.29, 0.717) is 31.2 Å². The molecular formula is C19H20Cl2N2O4S2. The maximum atomic E-state index is 12.4. The Balaban J connectivity index is 2.12. The van der Waals surface area contributed by atoms with E-state index in [1.165, 1.54) is 18.8 Å². The Morgan fingerprint density at radius 3 is 2.45 bits per heavy atom. The quantitative estimate of drug-likeness (QED) is 0.538. The Bertz CT molecular complexity index is 911. The van der Waals surface area contributed by atoms with E-state index in [-0.39, 0.29) is 29.7 Å². The highest BCUT2D eigenvalue weighted by Crippen LogP contribution is 2.34. The maximum absolute atomic E-state index is 12.4. The van der Waals surface area contributed by atoms with Crippen LogP contribution in [0.4, 0.5) is 5.00 Å². The lowest BCUT2D eigenvalue weighted by molar-refractivity contribution is -0.113. The summed E-state index contributed by atoms with van der Waals surface area (Å²) in [4.78, 5) is 37.2. The molecule has 2 N–H and O–H groups in total. The van der Waals surface area contributed by atoms with Crippen molar-refractivity contribution in [3.05, 3.63) is 49.8 Å². The fraction of sp³-hybridized carbons (Fsp3) is 0.316. The molecule has 0 aliphatic carbocycles. The predicted molar refractivity (Wildman–Crippen MR) is 120 cm³/mol. The van der Waals surface area contributed by atoms with E-state index >= 15 is 0 Å². The number of thiophene rings is 1. The van der Waals surface area contributed by atoms with E-state index in [2.05, 4.69) is 10.6 Å². The number of benzene rings is 1. The molecule has 0 aliphatic rings. The molecule has 1 aromatic carbocycles. The van der Waals surface area contributed by atoms with Crippen LogP contribution in [0.25, 0.3) is 0 Å². The maximum Gasteiger partial charge on any atom is 0.341 e. The van der Waals surface area contributed by atoms with Gasteiger partial charge in [0.25, 0.3) is 5.91 Å². The second-order valence-electron chi connectivity index (χ2n) is 5.80. The van der Waals surface area contributed by atoms with Crippen molar-refractivity contribution in [1.29, 1.82) is 0 Å². The molecule has 2 rings (SSSR count). The summed E-state index contributed by atoms with van der Waals surface area (Å²) < 4.78 is 5.07. The largest absolute Gasteiger partial charge is 0.462 e. The minimum atomic E-state index is -0.581. The molecule has 0 atom stereocenters. The van der Waals surface area contributed by atoms with Crippen LogP contribution in [-0.4, -0.2) is 37.2 Å². The van der Waals surface area contributed by atoms with Gasteiger partial charge in [-0.1, -0.05) is 29.3 Å². The van der Waals surface area contributed by atoms with E-state index in [4.69, 9.17) is 27.9 Å². The van der Waals surface area contributed by atoms with Crippen LogP contribution in [0.5, 0.6) is 0 Å². The smallest absolute Gasteiger partial charge is 0.341 e.